The lowest BCUT2D eigenvalue weighted by atomic mass is 10.2. The molecule has 1 aromatic carbocycles. The van der Waals surface area contributed by atoms with Crippen molar-refractivity contribution >= 4 is 23.2 Å². The number of hydrogen-bond acceptors (Lipinski definition) is 3. The van der Waals surface area contributed by atoms with Gasteiger partial charge in [0.05, 0.1) is 4.88 Å². The van der Waals surface area contributed by atoms with E-state index in [9.17, 15) is 14.0 Å². The molecular formula is C20H23FN2O2S. The Morgan fingerprint density at radius 2 is 1.92 bits per heavy atom. The summed E-state index contributed by atoms with van der Waals surface area (Å²) in [6.07, 6.45) is 4.58. The van der Waals surface area contributed by atoms with Crippen LogP contribution in [-0.4, -0.2) is 36.3 Å². The van der Waals surface area contributed by atoms with E-state index in [-0.39, 0.29) is 17.6 Å². The molecule has 138 valence electrons. The minimum atomic E-state index is -0.272. The largest absolute Gasteiger partial charge is 0.351 e. The summed E-state index contributed by atoms with van der Waals surface area (Å²) in [5.74, 6) is -0.146. The molecule has 0 unspecified atom stereocenters. The average molecular weight is 374 g/mol. The number of halogens is 1. The van der Waals surface area contributed by atoms with Gasteiger partial charge in [0.25, 0.3) is 5.91 Å². The normalized spacial score (nSPS) is 15.0. The molecule has 1 N–H and O–H groups in total. The van der Waals surface area contributed by atoms with E-state index in [0.29, 0.717) is 24.4 Å². The average Bonchev–Trinajstić information content (AvgIpc) is 3.04. The van der Waals surface area contributed by atoms with Crippen molar-refractivity contribution in [3.8, 4) is 10.4 Å². The highest BCUT2D eigenvalue weighted by Gasteiger charge is 2.16. The molecule has 6 heteroatoms. The van der Waals surface area contributed by atoms with Crippen LogP contribution in [0.15, 0.2) is 36.4 Å². The lowest BCUT2D eigenvalue weighted by Gasteiger charge is -2.20. The molecule has 2 amide bonds. The van der Waals surface area contributed by atoms with Crippen LogP contribution in [0.25, 0.3) is 10.4 Å². The molecular weight excluding hydrogens is 351 g/mol. The highest BCUT2D eigenvalue weighted by Crippen LogP contribution is 2.28. The summed E-state index contributed by atoms with van der Waals surface area (Å²) in [5, 5.41) is 2.92. The molecule has 1 aromatic heterocycles. The summed E-state index contributed by atoms with van der Waals surface area (Å²) >= 11 is 1.39. The molecule has 1 fully saturated rings. The minimum absolute atomic E-state index is 0.106. The van der Waals surface area contributed by atoms with E-state index in [1.165, 1.54) is 23.5 Å². The summed E-state index contributed by atoms with van der Waals surface area (Å²) in [5.41, 5.74) is 0.898. The Bertz CT molecular complexity index is 757. The third-order valence-corrected chi connectivity index (χ3v) is 5.65. The summed E-state index contributed by atoms with van der Waals surface area (Å²) in [6.45, 7) is 2.08. The second kappa shape index (κ2) is 8.94. The van der Waals surface area contributed by atoms with Gasteiger partial charge in [0.15, 0.2) is 0 Å². The Balaban J connectivity index is 1.46. The number of nitrogens with zero attached hydrogens (tertiary/aromatic N) is 1. The molecule has 0 radical (unpaired) electrons. The van der Waals surface area contributed by atoms with E-state index in [4.69, 9.17) is 0 Å². The number of likely N-dealkylation sites (tertiary alicyclic amines) is 1. The Labute approximate surface area is 157 Å². The molecule has 2 aromatic rings. The minimum Gasteiger partial charge on any atom is -0.351 e. The smallest absolute Gasteiger partial charge is 0.261 e. The first-order valence-electron chi connectivity index (χ1n) is 9.05. The van der Waals surface area contributed by atoms with Crippen molar-refractivity contribution in [1.29, 1.82) is 0 Å². The van der Waals surface area contributed by atoms with Crippen LogP contribution in [0.4, 0.5) is 4.39 Å². The van der Waals surface area contributed by atoms with Gasteiger partial charge in [-0.15, -0.1) is 11.3 Å². The predicted octanol–water partition coefficient (Wildman–Crippen LogP) is 4.08. The van der Waals surface area contributed by atoms with E-state index in [0.717, 1.165) is 42.7 Å². The van der Waals surface area contributed by atoms with Crippen LogP contribution < -0.4 is 5.32 Å². The maximum Gasteiger partial charge on any atom is 0.261 e. The van der Waals surface area contributed by atoms with E-state index in [1.807, 2.05) is 11.0 Å². The number of benzene rings is 1. The number of hydrogen-bond donors (Lipinski definition) is 1. The number of thiophene rings is 1. The third-order valence-electron chi connectivity index (χ3n) is 4.52. The number of carbonyl (C=O) groups excluding carboxylic acids is 2. The van der Waals surface area contributed by atoms with Gasteiger partial charge < -0.3 is 10.2 Å². The highest BCUT2D eigenvalue weighted by atomic mass is 32.1. The van der Waals surface area contributed by atoms with Crippen molar-refractivity contribution in [1.82, 2.24) is 10.2 Å². The van der Waals surface area contributed by atoms with Gasteiger partial charge >= 0.3 is 0 Å². The van der Waals surface area contributed by atoms with Gasteiger partial charge in [0.1, 0.15) is 5.82 Å². The van der Waals surface area contributed by atoms with Crippen molar-refractivity contribution in [3.05, 3.63) is 47.1 Å². The first-order chi connectivity index (χ1) is 12.6. The van der Waals surface area contributed by atoms with E-state index in [2.05, 4.69) is 5.32 Å². The molecule has 1 aliphatic rings. The molecule has 3 rings (SSSR count). The van der Waals surface area contributed by atoms with Crippen molar-refractivity contribution < 1.29 is 14.0 Å². The lowest BCUT2D eigenvalue weighted by molar-refractivity contribution is -0.130. The number of rotatable bonds is 6. The molecule has 26 heavy (non-hydrogen) atoms. The van der Waals surface area contributed by atoms with Crippen LogP contribution in [0, 0.1) is 5.82 Å². The molecule has 4 nitrogen and oxygen atoms in total. The fraction of sp³-hybridized carbons (Fsp3) is 0.400. The first kappa shape index (κ1) is 18.6. The third kappa shape index (κ3) is 4.91. The van der Waals surface area contributed by atoms with Crippen LogP contribution in [0.5, 0.6) is 0 Å². The van der Waals surface area contributed by atoms with Crippen molar-refractivity contribution in [2.24, 2.45) is 0 Å². The van der Waals surface area contributed by atoms with Gasteiger partial charge in [-0.05, 0) is 49.1 Å². The van der Waals surface area contributed by atoms with Crippen LogP contribution in [0.3, 0.4) is 0 Å². The van der Waals surface area contributed by atoms with Gasteiger partial charge in [-0.1, -0.05) is 18.6 Å². The summed E-state index contributed by atoms with van der Waals surface area (Å²) in [7, 11) is 0. The molecule has 0 atom stereocenters. The summed E-state index contributed by atoms with van der Waals surface area (Å²) in [6, 6.07) is 9.92. The molecule has 1 saturated heterocycles. The predicted molar refractivity (Wildman–Crippen MR) is 102 cm³/mol. The SMILES string of the molecule is O=C(NCCCN1CCCCCC1=O)c1ccc(-c2ccc(F)cc2)s1. The maximum atomic E-state index is 13.0. The molecule has 0 aliphatic carbocycles. The maximum absolute atomic E-state index is 13.0. The lowest BCUT2D eigenvalue weighted by Crippen LogP contribution is -2.33. The Morgan fingerprint density at radius 1 is 1.12 bits per heavy atom. The zero-order chi connectivity index (χ0) is 18.4. The van der Waals surface area contributed by atoms with Crippen molar-refractivity contribution in [2.75, 3.05) is 19.6 Å². The second-order valence-electron chi connectivity index (χ2n) is 6.47. The number of carbonyl (C=O) groups is 2. The number of nitrogens with one attached hydrogen (secondary N) is 1. The topological polar surface area (TPSA) is 49.4 Å². The Kier molecular flexibility index (Phi) is 6.39. The zero-order valence-electron chi connectivity index (χ0n) is 14.7. The fourth-order valence-electron chi connectivity index (χ4n) is 3.06. The van der Waals surface area contributed by atoms with Gasteiger partial charge in [-0.25, -0.2) is 4.39 Å². The zero-order valence-corrected chi connectivity index (χ0v) is 15.5. The van der Waals surface area contributed by atoms with Gasteiger partial charge in [0.2, 0.25) is 5.91 Å². The van der Waals surface area contributed by atoms with Gasteiger partial charge in [-0.3, -0.25) is 9.59 Å². The van der Waals surface area contributed by atoms with Crippen LogP contribution in [0.2, 0.25) is 0 Å². The van der Waals surface area contributed by atoms with Crippen molar-refractivity contribution in [3.63, 3.8) is 0 Å². The standard InChI is InChI=1S/C20H23FN2O2S/c21-16-8-6-15(7-9-16)17-10-11-18(26-17)20(25)22-12-4-14-23-13-3-1-2-5-19(23)24/h6-11H,1-5,12-14H2,(H,22,25). The highest BCUT2D eigenvalue weighted by molar-refractivity contribution is 7.17. The molecule has 0 spiro atoms. The van der Waals surface area contributed by atoms with E-state index < -0.39 is 0 Å². The van der Waals surface area contributed by atoms with Gasteiger partial charge in [-0.2, -0.15) is 0 Å². The molecule has 0 saturated carbocycles. The van der Waals surface area contributed by atoms with Crippen LogP contribution in [0.1, 0.15) is 41.8 Å². The number of amides is 2. The molecule has 0 bridgehead atoms. The van der Waals surface area contributed by atoms with Gasteiger partial charge in [0, 0.05) is 30.9 Å². The van der Waals surface area contributed by atoms with E-state index in [1.54, 1.807) is 18.2 Å². The van der Waals surface area contributed by atoms with E-state index >= 15 is 0 Å². The monoisotopic (exact) mass is 374 g/mol. The Hall–Kier alpha value is -2.21. The quantitative estimate of drug-likeness (QED) is 0.775. The fourth-order valence-corrected chi connectivity index (χ4v) is 3.99. The van der Waals surface area contributed by atoms with Crippen LogP contribution >= 0.6 is 11.3 Å². The first-order valence-corrected chi connectivity index (χ1v) is 9.87. The van der Waals surface area contributed by atoms with Crippen LogP contribution in [-0.2, 0) is 4.79 Å². The van der Waals surface area contributed by atoms with Crippen molar-refractivity contribution in [2.45, 2.75) is 32.1 Å². The summed E-state index contributed by atoms with van der Waals surface area (Å²) in [4.78, 5) is 27.7. The molecule has 1 aliphatic heterocycles. The molecule has 2 heterocycles. The second-order valence-corrected chi connectivity index (χ2v) is 7.56. The Morgan fingerprint density at radius 3 is 2.73 bits per heavy atom. The summed E-state index contributed by atoms with van der Waals surface area (Å²) < 4.78 is 13.0.